The summed E-state index contributed by atoms with van der Waals surface area (Å²) in [5, 5.41) is 6.05. The predicted molar refractivity (Wildman–Crippen MR) is 67.3 cm³/mol. The summed E-state index contributed by atoms with van der Waals surface area (Å²) in [4.78, 5) is 15.7. The number of rotatable bonds is 7. The third-order valence-electron chi connectivity index (χ3n) is 3.15. The lowest BCUT2D eigenvalue weighted by molar-refractivity contribution is -0.121. The Morgan fingerprint density at radius 1 is 1.67 bits per heavy atom. The molecule has 1 aliphatic rings. The van der Waals surface area contributed by atoms with E-state index in [9.17, 15) is 4.79 Å². The maximum absolute atomic E-state index is 11.6. The van der Waals surface area contributed by atoms with Crippen LogP contribution in [0.5, 0.6) is 0 Å². The number of ether oxygens (including phenoxy) is 1. The molecule has 6 heteroatoms. The normalized spacial score (nSPS) is 15.4. The number of nitrogens with one attached hydrogen (secondary N) is 2. The number of amides is 1. The molecule has 0 saturated carbocycles. The topological polar surface area (TPSA) is 68.2 Å². The number of imidazole rings is 1. The molecular formula is C12H20N4O2. The molecule has 1 fully saturated rings. The second kappa shape index (κ2) is 6.51. The summed E-state index contributed by atoms with van der Waals surface area (Å²) in [7, 11) is 1.62. The predicted octanol–water partition coefficient (Wildman–Crippen LogP) is -0.277. The zero-order chi connectivity index (χ0) is 12.8. The Balaban J connectivity index is 1.75. The fraction of sp³-hybridized carbons (Fsp3) is 0.667. The molecule has 2 N–H and O–H groups in total. The van der Waals surface area contributed by atoms with E-state index in [1.54, 1.807) is 13.4 Å². The summed E-state index contributed by atoms with van der Waals surface area (Å²) in [6, 6.07) is 0. The maximum atomic E-state index is 11.6. The van der Waals surface area contributed by atoms with Crippen molar-refractivity contribution in [3.8, 4) is 0 Å². The van der Waals surface area contributed by atoms with Crippen molar-refractivity contribution >= 4 is 5.91 Å². The summed E-state index contributed by atoms with van der Waals surface area (Å²) >= 11 is 0. The minimum atomic E-state index is 0.0541. The number of nitrogens with zero attached hydrogens (tertiary/aromatic N) is 2. The maximum Gasteiger partial charge on any atom is 0.221 e. The first-order valence-electron chi connectivity index (χ1n) is 6.27. The largest absolute Gasteiger partial charge is 0.383 e. The van der Waals surface area contributed by atoms with Crippen LogP contribution in [-0.4, -0.2) is 48.8 Å². The van der Waals surface area contributed by atoms with Gasteiger partial charge in [0.1, 0.15) is 0 Å². The van der Waals surface area contributed by atoms with Gasteiger partial charge in [0.25, 0.3) is 0 Å². The van der Waals surface area contributed by atoms with E-state index in [2.05, 4.69) is 20.2 Å². The van der Waals surface area contributed by atoms with Gasteiger partial charge in [-0.2, -0.15) is 0 Å². The van der Waals surface area contributed by atoms with Crippen molar-refractivity contribution < 1.29 is 9.53 Å². The van der Waals surface area contributed by atoms with E-state index < -0.39 is 0 Å². The SMILES string of the molecule is COCCNC(=O)CCn1cncc1C1CNC1. The average Bonchev–Trinajstić information content (AvgIpc) is 2.73. The summed E-state index contributed by atoms with van der Waals surface area (Å²) in [6.07, 6.45) is 4.18. The van der Waals surface area contributed by atoms with Gasteiger partial charge in [0.05, 0.1) is 12.9 Å². The number of aromatic nitrogens is 2. The van der Waals surface area contributed by atoms with Gasteiger partial charge in [0.15, 0.2) is 0 Å². The number of aryl methyl sites for hydroxylation is 1. The van der Waals surface area contributed by atoms with E-state index in [0.717, 1.165) is 13.1 Å². The highest BCUT2D eigenvalue weighted by Crippen LogP contribution is 2.19. The van der Waals surface area contributed by atoms with Gasteiger partial charge in [0.2, 0.25) is 5.91 Å². The van der Waals surface area contributed by atoms with Crippen molar-refractivity contribution in [3.05, 3.63) is 18.2 Å². The van der Waals surface area contributed by atoms with Gasteiger partial charge in [-0.1, -0.05) is 0 Å². The van der Waals surface area contributed by atoms with E-state index in [4.69, 9.17) is 4.74 Å². The van der Waals surface area contributed by atoms with Crippen LogP contribution in [0.2, 0.25) is 0 Å². The van der Waals surface area contributed by atoms with E-state index in [1.165, 1.54) is 5.69 Å². The molecule has 100 valence electrons. The Morgan fingerprint density at radius 2 is 2.50 bits per heavy atom. The second-order valence-electron chi connectivity index (χ2n) is 4.46. The van der Waals surface area contributed by atoms with Gasteiger partial charge in [-0.05, 0) is 0 Å². The molecule has 0 spiro atoms. The van der Waals surface area contributed by atoms with E-state index >= 15 is 0 Å². The van der Waals surface area contributed by atoms with Gasteiger partial charge < -0.3 is 19.9 Å². The number of carbonyl (C=O) groups excluding carboxylic acids is 1. The number of hydrogen-bond donors (Lipinski definition) is 2. The summed E-state index contributed by atoms with van der Waals surface area (Å²) < 4.78 is 6.95. The number of carbonyl (C=O) groups is 1. The Kier molecular flexibility index (Phi) is 4.72. The fourth-order valence-electron chi connectivity index (χ4n) is 1.96. The zero-order valence-electron chi connectivity index (χ0n) is 10.7. The molecule has 0 bridgehead atoms. The molecule has 1 saturated heterocycles. The quantitative estimate of drug-likeness (QED) is 0.655. The highest BCUT2D eigenvalue weighted by atomic mass is 16.5. The monoisotopic (exact) mass is 252 g/mol. The smallest absolute Gasteiger partial charge is 0.221 e. The Bertz CT molecular complexity index is 387. The van der Waals surface area contributed by atoms with Gasteiger partial charge in [-0.15, -0.1) is 0 Å². The van der Waals surface area contributed by atoms with Crippen molar-refractivity contribution in [1.29, 1.82) is 0 Å². The molecule has 0 aliphatic carbocycles. The van der Waals surface area contributed by atoms with Crippen LogP contribution in [0.25, 0.3) is 0 Å². The van der Waals surface area contributed by atoms with Crippen molar-refractivity contribution in [2.75, 3.05) is 33.4 Å². The Hall–Kier alpha value is -1.40. The van der Waals surface area contributed by atoms with Gasteiger partial charge in [0, 0.05) is 57.5 Å². The van der Waals surface area contributed by atoms with Crippen LogP contribution in [0.4, 0.5) is 0 Å². The second-order valence-corrected chi connectivity index (χ2v) is 4.46. The van der Waals surface area contributed by atoms with Gasteiger partial charge >= 0.3 is 0 Å². The molecule has 18 heavy (non-hydrogen) atoms. The lowest BCUT2D eigenvalue weighted by atomic mass is 10.00. The highest BCUT2D eigenvalue weighted by Gasteiger charge is 2.22. The minimum absolute atomic E-state index is 0.0541. The molecule has 1 aromatic heterocycles. The fourth-order valence-corrected chi connectivity index (χ4v) is 1.96. The molecular weight excluding hydrogens is 232 g/mol. The Labute approximate surface area is 107 Å². The van der Waals surface area contributed by atoms with E-state index in [0.29, 0.717) is 32.0 Å². The van der Waals surface area contributed by atoms with Crippen molar-refractivity contribution in [2.45, 2.75) is 18.9 Å². The minimum Gasteiger partial charge on any atom is -0.383 e. The van der Waals surface area contributed by atoms with Crippen LogP contribution in [0.3, 0.4) is 0 Å². The van der Waals surface area contributed by atoms with E-state index in [1.807, 2.05) is 6.20 Å². The first-order valence-corrected chi connectivity index (χ1v) is 6.27. The zero-order valence-corrected chi connectivity index (χ0v) is 10.7. The number of methoxy groups -OCH3 is 1. The molecule has 1 aromatic rings. The van der Waals surface area contributed by atoms with Crippen LogP contribution in [0.15, 0.2) is 12.5 Å². The highest BCUT2D eigenvalue weighted by molar-refractivity contribution is 5.75. The third kappa shape index (κ3) is 3.30. The first kappa shape index (κ1) is 13.0. The molecule has 1 amide bonds. The Morgan fingerprint density at radius 3 is 3.17 bits per heavy atom. The van der Waals surface area contributed by atoms with Crippen LogP contribution in [-0.2, 0) is 16.1 Å². The van der Waals surface area contributed by atoms with Crippen molar-refractivity contribution in [3.63, 3.8) is 0 Å². The van der Waals surface area contributed by atoms with Crippen molar-refractivity contribution in [2.24, 2.45) is 0 Å². The van der Waals surface area contributed by atoms with Crippen molar-refractivity contribution in [1.82, 2.24) is 20.2 Å². The molecule has 2 heterocycles. The van der Waals surface area contributed by atoms with E-state index in [-0.39, 0.29) is 5.91 Å². The molecule has 1 aliphatic heterocycles. The molecule has 6 nitrogen and oxygen atoms in total. The summed E-state index contributed by atoms with van der Waals surface area (Å²) in [5.74, 6) is 0.600. The van der Waals surface area contributed by atoms with Crippen LogP contribution in [0, 0.1) is 0 Å². The standard InChI is InChI=1S/C12H20N4O2/c1-18-5-3-15-12(17)2-4-16-9-14-8-11(16)10-6-13-7-10/h8-10,13H,2-7H2,1H3,(H,15,17). The lowest BCUT2D eigenvalue weighted by Crippen LogP contribution is -2.41. The van der Waals surface area contributed by atoms with Crippen LogP contribution in [0.1, 0.15) is 18.0 Å². The molecule has 0 radical (unpaired) electrons. The van der Waals surface area contributed by atoms with Gasteiger partial charge in [-0.3, -0.25) is 4.79 Å². The molecule has 0 aromatic carbocycles. The summed E-state index contributed by atoms with van der Waals surface area (Å²) in [6.45, 7) is 3.82. The third-order valence-corrected chi connectivity index (χ3v) is 3.15. The number of hydrogen-bond acceptors (Lipinski definition) is 4. The summed E-state index contributed by atoms with van der Waals surface area (Å²) in [5.41, 5.74) is 1.22. The van der Waals surface area contributed by atoms with Gasteiger partial charge in [-0.25, -0.2) is 4.98 Å². The first-order chi connectivity index (χ1) is 8.81. The van der Waals surface area contributed by atoms with Crippen LogP contribution < -0.4 is 10.6 Å². The lowest BCUT2D eigenvalue weighted by Gasteiger charge is -2.27. The molecule has 0 unspecified atom stereocenters. The average molecular weight is 252 g/mol. The van der Waals surface area contributed by atoms with Crippen LogP contribution >= 0.6 is 0 Å². The molecule has 2 rings (SSSR count). The molecule has 0 atom stereocenters.